The topological polar surface area (TPSA) is 14.1 Å². The zero-order valence-corrected chi connectivity index (χ0v) is 8.78. The summed E-state index contributed by atoms with van der Waals surface area (Å²) in [6, 6.07) is 0. The molecule has 1 saturated carbocycles. The van der Waals surface area contributed by atoms with Crippen molar-refractivity contribution in [3.8, 4) is 0 Å². The Morgan fingerprint density at radius 2 is 1.67 bits per heavy atom. The molecule has 0 aromatic heterocycles. The molecule has 0 heterocycles. The quantitative estimate of drug-likeness (QED) is 0.423. The minimum atomic E-state index is 0. The van der Waals surface area contributed by atoms with Gasteiger partial charge < -0.3 is 5.32 Å². The number of nitrogens with zero attached hydrogens (tertiary/aromatic N) is 1. The predicted octanol–water partition coefficient (Wildman–Crippen LogP) is -0.673. The largest absolute Gasteiger partial charge is 1.00 e. The molecular formula is C7H14NNa. The molecule has 0 radical (unpaired) electrons. The van der Waals surface area contributed by atoms with Gasteiger partial charge in [-0.25, -0.2) is 0 Å². The first-order valence-corrected chi connectivity index (χ1v) is 3.38. The van der Waals surface area contributed by atoms with Gasteiger partial charge in [0.2, 0.25) is 0 Å². The molecule has 0 aromatic rings. The second-order valence-corrected chi connectivity index (χ2v) is 2.93. The van der Waals surface area contributed by atoms with Crippen molar-refractivity contribution in [2.24, 2.45) is 0 Å². The van der Waals surface area contributed by atoms with Crippen LogP contribution in [0.1, 0.15) is 32.6 Å². The maximum absolute atomic E-state index is 4.32. The van der Waals surface area contributed by atoms with E-state index in [1.807, 2.05) is 7.05 Å². The van der Waals surface area contributed by atoms with Crippen LogP contribution in [0.2, 0.25) is 0 Å². The van der Waals surface area contributed by atoms with Gasteiger partial charge in [-0.15, -0.1) is 5.54 Å². The molecular weight excluding hydrogens is 121 g/mol. The molecule has 1 rings (SSSR count). The van der Waals surface area contributed by atoms with Crippen molar-refractivity contribution in [1.29, 1.82) is 0 Å². The Morgan fingerprint density at radius 1 is 1.22 bits per heavy atom. The van der Waals surface area contributed by atoms with Gasteiger partial charge in [0.05, 0.1) is 0 Å². The summed E-state index contributed by atoms with van der Waals surface area (Å²) >= 11 is 0. The first-order chi connectivity index (χ1) is 3.77. The van der Waals surface area contributed by atoms with Gasteiger partial charge in [0, 0.05) is 0 Å². The molecule has 0 spiro atoms. The summed E-state index contributed by atoms with van der Waals surface area (Å²) in [6.45, 7) is 2.25. The average Bonchev–Trinajstić information content (AvgIpc) is 2.17. The van der Waals surface area contributed by atoms with Crippen molar-refractivity contribution in [3.63, 3.8) is 0 Å². The van der Waals surface area contributed by atoms with E-state index < -0.39 is 0 Å². The van der Waals surface area contributed by atoms with E-state index >= 15 is 0 Å². The summed E-state index contributed by atoms with van der Waals surface area (Å²) in [5, 5.41) is 4.32. The second-order valence-electron chi connectivity index (χ2n) is 2.93. The fraction of sp³-hybridized carbons (Fsp3) is 1.00. The van der Waals surface area contributed by atoms with E-state index in [1.165, 1.54) is 25.7 Å². The minimum absolute atomic E-state index is 0. The smallest absolute Gasteiger partial charge is 0.660 e. The molecule has 48 valence electrons. The molecule has 0 aromatic carbocycles. The Hall–Kier alpha value is 0.960. The van der Waals surface area contributed by atoms with E-state index in [0.717, 1.165) is 0 Å². The van der Waals surface area contributed by atoms with E-state index in [4.69, 9.17) is 0 Å². The molecule has 0 bridgehead atoms. The van der Waals surface area contributed by atoms with Gasteiger partial charge in [-0.05, 0) is 0 Å². The minimum Gasteiger partial charge on any atom is -0.660 e. The monoisotopic (exact) mass is 135 g/mol. The van der Waals surface area contributed by atoms with Gasteiger partial charge in [0.15, 0.2) is 0 Å². The van der Waals surface area contributed by atoms with Gasteiger partial charge in [-0.3, -0.25) is 0 Å². The van der Waals surface area contributed by atoms with E-state index in [-0.39, 0.29) is 29.6 Å². The van der Waals surface area contributed by atoms with Crippen LogP contribution in [0.25, 0.3) is 5.32 Å². The standard InChI is InChI=1S/C7H14N.Na/c1-7(8-2)5-3-4-6-7;/h3-6H2,1-2H3;/q-1;+1. The number of hydrogen-bond acceptors (Lipinski definition) is 0. The fourth-order valence-corrected chi connectivity index (χ4v) is 1.36. The molecule has 1 nitrogen and oxygen atoms in total. The average molecular weight is 135 g/mol. The molecule has 1 fully saturated rings. The third-order valence-corrected chi connectivity index (χ3v) is 2.22. The van der Waals surface area contributed by atoms with E-state index in [9.17, 15) is 0 Å². The van der Waals surface area contributed by atoms with Crippen LogP contribution in [0, 0.1) is 0 Å². The Kier molecular flexibility index (Phi) is 4.39. The Labute approximate surface area is 79.9 Å². The van der Waals surface area contributed by atoms with E-state index in [1.54, 1.807) is 0 Å². The summed E-state index contributed by atoms with van der Waals surface area (Å²) < 4.78 is 0. The molecule has 0 aliphatic heterocycles. The zero-order valence-electron chi connectivity index (χ0n) is 6.78. The van der Waals surface area contributed by atoms with Gasteiger partial charge in [0.1, 0.15) is 0 Å². The van der Waals surface area contributed by atoms with Crippen molar-refractivity contribution in [1.82, 2.24) is 0 Å². The molecule has 2 heteroatoms. The van der Waals surface area contributed by atoms with Gasteiger partial charge in [-0.1, -0.05) is 32.6 Å². The third kappa shape index (κ3) is 2.58. The van der Waals surface area contributed by atoms with Crippen LogP contribution in [-0.2, 0) is 0 Å². The Bertz CT molecular complexity index is 77.0. The molecule has 0 amide bonds. The van der Waals surface area contributed by atoms with Crippen LogP contribution in [0.15, 0.2) is 0 Å². The van der Waals surface area contributed by atoms with Crippen LogP contribution in [0.5, 0.6) is 0 Å². The van der Waals surface area contributed by atoms with Crippen molar-refractivity contribution in [2.45, 2.75) is 38.1 Å². The van der Waals surface area contributed by atoms with Crippen LogP contribution < -0.4 is 29.6 Å². The maximum atomic E-state index is 4.32. The molecule has 0 N–H and O–H groups in total. The summed E-state index contributed by atoms with van der Waals surface area (Å²) in [4.78, 5) is 0. The van der Waals surface area contributed by atoms with Crippen LogP contribution in [-0.4, -0.2) is 12.6 Å². The third-order valence-electron chi connectivity index (χ3n) is 2.22. The van der Waals surface area contributed by atoms with E-state index in [0.29, 0.717) is 5.54 Å². The normalized spacial score (nSPS) is 23.3. The predicted molar refractivity (Wildman–Crippen MR) is 36.2 cm³/mol. The maximum Gasteiger partial charge on any atom is 1.00 e. The van der Waals surface area contributed by atoms with E-state index in [2.05, 4.69) is 12.2 Å². The summed E-state index contributed by atoms with van der Waals surface area (Å²) in [7, 11) is 1.94. The first-order valence-electron chi connectivity index (χ1n) is 3.38. The molecule has 1 aliphatic carbocycles. The van der Waals surface area contributed by atoms with Gasteiger partial charge in [0.25, 0.3) is 0 Å². The number of hydrogen-bond donors (Lipinski definition) is 0. The first kappa shape index (κ1) is 9.96. The number of rotatable bonds is 1. The van der Waals surface area contributed by atoms with Crippen molar-refractivity contribution in [3.05, 3.63) is 5.32 Å². The van der Waals surface area contributed by atoms with Crippen molar-refractivity contribution < 1.29 is 29.6 Å². The Morgan fingerprint density at radius 3 is 1.89 bits per heavy atom. The van der Waals surface area contributed by atoms with Gasteiger partial charge in [-0.2, -0.15) is 7.05 Å². The van der Waals surface area contributed by atoms with Crippen LogP contribution >= 0.6 is 0 Å². The Balaban J connectivity index is 0.000000640. The molecule has 0 atom stereocenters. The molecule has 9 heavy (non-hydrogen) atoms. The summed E-state index contributed by atoms with van der Waals surface area (Å²) in [6.07, 6.45) is 5.38. The SMILES string of the molecule is C[N-]C1(C)CCCC1.[Na+]. The zero-order chi connectivity index (χ0) is 6.04. The second kappa shape index (κ2) is 3.97. The van der Waals surface area contributed by atoms with Crippen LogP contribution in [0.4, 0.5) is 0 Å². The van der Waals surface area contributed by atoms with Crippen molar-refractivity contribution >= 4 is 0 Å². The summed E-state index contributed by atoms with van der Waals surface area (Å²) in [5.74, 6) is 0. The van der Waals surface area contributed by atoms with Gasteiger partial charge >= 0.3 is 29.6 Å². The molecule has 0 unspecified atom stereocenters. The fourth-order valence-electron chi connectivity index (χ4n) is 1.36. The molecule has 1 aliphatic rings. The van der Waals surface area contributed by atoms with Crippen LogP contribution in [0.3, 0.4) is 0 Å². The van der Waals surface area contributed by atoms with Crippen molar-refractivity contribution in [2.75, 3.05) is 7.05 Å². The summed E-state index contributed by atoms with van der Waals surface area (Å²) in [5.41, 5.74) is 0.361. The molecule has 0 saturated heterocycles.